The number of amides is 1. The number of hydrazine groups is 1. The highest BCUT2D eigenvalue weighted by molar-refractivity contribution is 7.89. The number of carbonyl (C=O) groups excluding carboxylic acids is 1. The quantitative estimate of drug-likeness (QED) is 0.758. The molecule has 1 amide bonds. The van der Waals surface area contributed by atoms with Gasteiger partial charge in [-0.1, -0.05) is 11.6 Å². The Bertz CT molecular complexity index is 837. The van der Waals surface area contributed by atoms with Crippen LogP contribution >= 0.6 is 11.6 Å². The fraction of sp³-hybridized carbons (Fsp3) is 0.133. The van der Waals surface area contributed by atoms with Crippen molar-refractivity contribution in [2.45, 2.75) is 4.90 Å². The predicted octanol–water partition coefficient (Wildman–Crippen LogP) is 1.98. The zero-order valence-electron chi connectivity index (χ0n) is 12.9. The van der Waals surface area contributed by atoms with Gasteiger partial charge >= 0.3 is 0 Å². The molecule has 7 nitrogen and oxygen atoms in total. The number of methoxy groups -OCH3 is 2. The average molecular weight is 371 g/mol. The second-order valence-corrected chi connectivity index (χ2v) is 6.70. The van der Waals surface area contributed by atoms with Crippen molar-refractivity contribution in [1.82, 2.24) is 10.3 Å². The van der Waals surface area contributed by atoms with Gasteiger partial charge in [0.05, 0.1) is 19.1 Å². The molecule has 24 heavy (non-hydrogen) atoms. The molecule has 0 atom stereocenters. The van der Waals surface area contributed by atoms with Gasteiger partial charge < -0.3 is 9.47 Å². The van der Waals surface area contributed by atoms with Crippen LogP contribution in [0.1, 0.15) is 10.4 Å². The van der Waals surface area contributed by atoms with E-state index in [1.54, 1.807) is 6.07 Å². The summed E-state index contributed by atoms with van der Waals surface area (Å²) in [5.74, 6) is 0.162. The molecule has 0 spiro atoms. The summed E-state index contributed by atoms with van der Waals surface area (Å²) in [6.07, 6.45) is 0. The summed E-state index contributed by atoms with van der Waals surface area (Å²) >= 11 is 5.72. The number of rotatable bonds is 6. The zero-order valence-corrected chi connectivity index (χ0v) is 14.4. The van der Waals surface area contributed by atoms with Crippen molar-refractivity contribution in [2.24, 2.45) is 0 Å². The molecule has 0 saturated heterocycles. The van der Waals surface area contributed by atoms with Gasteiger partial charge in [0.1, 0.15) is 0 Å². The Morgan fingerprint density at radius 2 is 1.62 bits per heavy atom. The zero-order chi connectivity index (χ0) is 17.7. The first-order chi connectivity index (χ1) is 11.4. The van der Waals surface area contributed by atoms with Crippen LogP contribution in [0.3, 0.4) is 0 Å². The van der Waals surface area contributed by atoms with E-state index < -0.39 is 15.9 Å². The van der Waals surface area contributed by atoms with E-state index in [9.17, 15) is 13.2 Å². The van der Waals surface area contributed by atoms with Crippen molar-refractivity contribution in [1.29, 1.82) is 0 Å². The maximum Gasteiger partial charge on any atom is 0.266 e. The Hall–Kier alpha value is -2.29. The molecule has 0 aliphatic heterocycles. The molecule has 2 N–H and O–H groups in total. The van der Waals surface area contributed by atoms with Crippen molar-refractivity contribution in [2.75, 3.05) is 14.2 Å². The van der Waals surface area contributed by atoms with Crippen molar-refractivity contribution < 1.29 is 22.7 Å². The predicted molar refractivity (Wildman–Crippen MR) is 88.8 cm³/mol. The number of halogens is 1. The standard InChI is InChI=1S/C15H15ClN2O5S/c1-22-13-8-3-10(9-14(13)23-2)15(19)17-18-24(20,21)12-6-4-11(16)5-7-12/h3-9,18H,1-2H3,(H,17,19). The van der Waals surface area contributed by atoms with E-state index in [0.717, 1.165) is 0 Å². The monoisotopic (exact) mass is 370 g/mol. The number of hydrogen-bond acceptors (Lipinski definition) is 5. The van der Waals surface area contributed by atoms with Crippen molar-refractivity contribution >= 4 is 27.5 Å². The molecule has 0 aliphatic rings. The van der Waals surface area contributed by atoms with Gasteiger partial charge in [-0.3, -0.25) is 10.2 Å². The van der Waals surface area contributed by atoms with Crippen molar-refractivity contribution in [3.8, 4) is 11.5 Å². The lowest BCUT2D eigenvalue weighted by atomic mass is 10.2. The second-order valence-electron chi connectivity index (χ2n) is 4.58. The van der Waals surface area contributed by atoms with Gasteiger partial charge in [-0.2, -0.15) is 0 Å². The SMILES string of the molecule is COc1ccc(C(=O)NNS(=O)(=O)c2ccc(Cl)cc2)cc1OC. The normalized spacial score (nSPS) is 11.0. The molecule has 0 saturated carbocycles. The van der Waals surface area contributed by atoms with E-state index in [4.69, 9.17) is 21.1 Å². The van der Waals surface area contributed by atoms with E-state index in [1.807, 2.05) is 4.83 Å². The summed E-state index contributed by atoms with van der Waals surface area (Å²) in [5.41, 5.74) is 2.34. The van der Waals surface area contributed by atoms with E-state index >= 15 is 0 Å². The third kappa shape index (κ3) is 4.16. The highest BCUT2D eigenvalue weighted by Gasteiger charge is 2.16. The van der Waals surface area contributed by atoms with Crippen molar-refractivity contribution in [3.05, 3.63) is 53.1 Å². The maximum atomic E-state index is 12.1. The smallest absolute Gasteiger partial charge is 0.266 e. The first kappa shape index (κ1) is 18.1. The number of sulfonamides is 1. The van der Waals surface area contributed by atoms with E-state index in [0.29, 0.717) is 16.5 Å². The lowest BCUT2D eigenvalue weighted by Crippen LogP contribution is -2.41. The van der Waals surface area contributed by atoms with E-state index in [-0.39, 0.29) is 10.5 Å². The molecule has 0 unspecified atom stereocenters. The Morgan fingerprint density at radius 1 is 1.00 bits per heavy atom. The highest BCUT2D eigenvalue weighted by atomic mass is 35.5. The summed E-state index contributed by atoms with van der Waals surface area (Å²) in [6, 6.07) is 9.98. The van der Waals surface area contributed by atoms with Gasteiger partial charge in [0.25, 0.3) is 15.9 Å². The molecule has 128 valence electrons. The second kappa shape index (κ2) is 7.52. The molecule has 0 aliphatic carbocycles. The first-order valence-corrected chi connectivity index (χ1v) is 8.53. The van der Waals surface area contributed by atoms with Crippen LogP contribution in [0.25, 0.3) is 0 Å². The molecule has 2 rings (SSSR count). The van der Waals surface area contributed by atoms with Gasteiger partial charge in [0.2, 0.25) is 0 Å². The fourth-order valence-electron chi connectivity index (χ4n) is 1.84. The number of carbonyl (C=O) groups is 1. The number of benzene rings is 2. The maximum absolute atomic E-state index is 12.1. The summed E-state index contributed by atoms with van der Waals surface area (Å²) in [7, 11) is -1.00. The van der Waals surface area contributed by atoms with Gasteiger partial charge in [-0.25, -0.2) is 8.42 Å². The fourth-order valence-corrected chi connectivity index (χ4v) is 2.80. The lowest BCUT2D eigenvalue weighted by Gasteiger charge is -2.11. The third-order valence-corrected chi connectivity index (χ3v) is 4.58. The van der Waals surface area contributed by atoms with Crippen LogP contribution in [0, 0.1) is 0 Å². The van der Waals surface area contributed by atoms with E-state index in [2.05, 4.69) is 5.43 Å². The Balaban J connectivity index is 2.11. The van der Waals surface area contributed by atoms with Gasteiger partial charge in [-0.15, -0.1) is 4.83 Å². The van der Waals surface area contributed by atoms with Crippen LogP contribution in [0.4, 0.5) is 0 Å². The van der Waals surface area contributed by atoms with Crippen LogP contribution in [0.2, 0.25) is 5.02 Å². The summed E-state index contributed by atoms with van der Waals surface area (Å²) < 4.78 is 34.3. The minimum absolute atomic E-state index is 0.0282. The van der Waals surface area contributed by atoms with Crippen LogP contribution in [0.5, 0.6) is 11.5 Å². The van der Waals surface area contributed by atoms with Crippen LogP contribution in [0.15, 0.2) is 47.4 Å². The molecular weight excluding hydrogens is 356 g/mol. The molecule has 0 heterocycles. The molecular formula is C15H15ClN2O5S. The molecule has 2 aromatic rings. The Morgan fingerprint density at radius 3 is 2.21 bits per heavy atom. The number of ether oxygens (including phenoxy) is 2. The number of nitrogens with one attached hydrogen (secondary N) is 2. The van der Waals surface area contributed by atoms with Gasteiger partial charge in [-0.05, 0) is 42.5 Å². The lowest BCUT2D eigenvalue weighted by molar-refractivity contribution is 0.0944. The first-order valence-electron chi connectivity index (χ1n) is 6.67. The molecule has 2 aromatic carbocycles. The van der Waals surface area contributed by atoms with E-state index in [1.165, 1.54) is 50.6 Å². The van der Waals surface area contributed by atoms with Crippen LogP contribution in [-0.4, -0.2) is 28.5 Å². The minimum atomic E-state index is -3.91. The van der Waals surface area contributed by atoms with Crippen LogP contribution < -0.4 is 19.7 Å². The molecule has 0 bridgehead atoms. The molecule has 9 heteroatoms. The average Bonchev–Trinajstić information content (AvgIpc) is 2.59. The summed E-state index contributed by atoms with van der Waals surface area (Å²) in [6.45, 7) is 0. The van der Waals surface area contributed by atoms with Gasteiger partial charge in [0, 0.05) is 10.6 Å². The molecule has 0 fully saturated rings. The third-order valence-electron chi connectivity index (χ3n) is 3.07. The molecule has 0 radical (unpaired) electrons. The molecule has 0 aromatic heterocycles. The topological polar surface area (TPSA) is 93.7 Å². The number of hydrogen-bond donors (Lipinski definition) is 2. The Kier molecular flexibility index (Phi) is 5.66. The van der Waals surface area contributed by atoms with Gasteiger partial charge in [0.15, 0.2) is 11.5 Å². The minimum Gasteiger partial charge on any atom is -0.493 e. The largest absolute Gasteiger partial charge is 0.493 e. The van der Waals surface area contributed by atoms with Crippen molar-refractivity contribution in [3.63, 3.8) is 0 Å². The summed E-state index contributed by atoms with van der Waals surface area (Å²) in [4.78, 5) is 14.1. The highest BCUT2D eigenvalue weighted by Crippen LogP contribution is 2.27. The summed E-state index contributed by atoms with van der Waals surface area (Å²) in [5, 5.41) is 0.406. The Labute approximate surface area is 144 Å². The van der Waals surface area contributed by atoms with Crippen LogP contribution in [-0.2, 0) is 10.0 Å².